The normalized spacial score (nSPS) is 23.7. The van der Waals surface area contributed by atoms with Crippen molar-refractivity contribution in [2.75, 3.05) is 55.6 Å². The van der Waals surface area contributed by atoms with Crippen LogP contribution < -0.4 is 15.1 Å². The van der Waals surface area contributed by atoms with E-state index in [-0.39, 0.29) is 30.1 Å². The number of aromatic hydroxyl groups is 1. The van der Waals surface area contributed by atoms with E-state index in [1.807, 2.05) is 24.3 Å². The van der Waals surface area contributed by atoms with Gasteiger partial charge in [0.05, 0.1) is 0 Å². The molecule has 0 aromatic heterocycles. The van der Waals surface area contributed by atoms with Gasteiger partial charge in [0.25, 0.3) is 5.91 Å². The number of piperidine rings is 2. The maximum atomic E-state index is 13.1. The third kappa shape index (κ3) is 6.74. The maximum absolute atomic E-state index is 13.1. The lowest BCUT2D eigenvalue weighted by molar-refractivity contribution is -0.136. The minimum Gasteiger partial charge on any atom is -0.508 e. The highest BCUT2D eigenvalue weighted by Crippen LogP contribution is 2.47. The molecule has 54 heavy (non-hydrogen) atoms. The lowest BCUT2D eigenvalue weighted by atomic mass is 9.69. The van der Waals surface area contributed by atoms with E-state index < -0.39 is 6.04 Å². The van der Waals surface area contributed by atoms with Gasteiger partial charge in [-0.25, -0.2) is 0 Å². The number of imide groups is 1. The molecule has 4 aromatic rings. The van der Waals surface area contributed by atoms with Crippen LogP contribution in [0.3, 0.4) is 0 Å². The van der Waals surface area contributed by atoms with Crippen LogP contribution in [0.15, 0.2) is 91.0 Å². The van der Waals surface area contributed by atoms with Crippen molar-refractivity contribution in [2.45, 2.75) is 62.9 Å². The number of nitrogens with one attached hydrogen (secondary N) is 1. The summed E-state index contributed by atoms with van der Waals surface area (Å²) in [6.45, 7) is 7.64. The van der Waals surface area contributed by atoms with E-state index in [2.05, 4.69) is 86.7 Å². The summed E-state index contributed by atoms with van der Waals surface area (Å²) in [5.41, 5.74) is 9.39. The topological polar surface area (TPSA) is 96.4 Å². The zero-order valence-electron chi connectivity index (χ0n) is 30.8. The van der Waals surface area contributed by atoms with Gasteiger partial charge in [0.2, 0.25) is 11.8 Å². The molecule has 3 saturated heterocycles. The first-order chi connectivity index (χ1) is 26.4. The van der Waals surface area contributed by atoms with Crippen LogP contribution in [0.1, 0.15) is 82.1 Å². The second-order valence-corrected chi connectivity index (χ2v) is 16.0. The van der Waals surface area contributed by atoms with Gasteiger partial charge in [0.15, 0.2) is 0 Å². The molecule has 0 saturated carbocycles. The number of rotatable bonds is 7. The Labute approximate surface area is 317 Å². The number of carbonyl (C=O) groups is 3. The van der Waals surface area contributed by atoms with Crippen molar-refractivity contribution in [1.82, 2.24) is 15.1 Å². The molecule has 2 N–H and O–H groups in total. The van der Waals surface area contributed by atoms with E-state index in [0.717, 1.165) is 69.9 Å². The predicted molar refractivity (Wildman–Crippen MR) is 210 cm³/mol. The van der Waals surface area contributed by atoms with E-state index >= 15 is 0 Å². The highest BCUT2D eigenvalue weighted by Gasteiger charge is 2.39. The average Bonchev–Trinajstić information content (AvgIpc) is 3.53. The first kappa shape index (κ1) is 34.6. The highest BCUT2D eigenvalue weighted by atomic mass is 16.3. The van der Waals surface area contributed by atoms with Crippen molar-refractivity contribution in [3.63, 3.8) is 0 Å². The standard InChI is InChI=1S/C45H49N5O4/c51-37-12-15-39-33(27-37)8-13-38(31-4-2-1-3-5-31)43(39)32-6-9-35(10-7-32)48-20-18-30(19-21-48)28-47-22-24-49(25-23-47)36-11-14-40-34(26-36)29-50(45(40)54)41-16-17-42(52)46-44(41)53/h1-7,9-12,14-15,26-27,30,38,41,43,51H,8,13,16-25,28-29H2,(H,46,52,53)/t38-,41-,43-/m1/s1. The Morgan fingerprint density at radius 3 is 2.17 bits per heavy atom. The molecule has 5 aliphatic rings. The number of anilines is 2. The number of benzene rings is 4. The van der Waals surface area contributed by atoms with Gasteiger partial charge in [-0.3, -0.25) is 24.6 Å². The zero-order valence-corrected chi connectivity index (χ0v) is 30.8. The molecule has 9 nitrogen and oxygen atoms in total. The number of carbonyl (C=O) groups excluding carboxylic acids is 3. The van der Waals surface area contributed by atoms with E-state index in [9.17, 15) is 19.5 Å². The van der Waals surface area contributed by atoms with Crippen LogP contribution in [-0.4, -0.2) is 84.5 Å². The summed E-state index contributed by atoms with van der Waals surface area (Å²) in [5.74, 6) is 0.955. The summed E-state index contributed by atoms with van der Waals surface area (Å²) in [4.78, 5) is 46.5. The van der Waals surface area contributed by atoms with E-state index in [1.165, 1.54) is 40.8 Å². The Hall–Kier alpha value is -5.15. The molecule has 278 valence electrons. The quantitative estimate of drug-likeness (QED) is 0.224. The van der Waals surface area contributed by atoms with Gasteiger partial charge in [0, 0.05) is 81.6 Å². The summed E-state index contributed by atoms with van der Waals surface area (Å²) in [6, 6.07) is 31.7. The van der Waals surface area contributed by atoms with Crippen LogP contribution in [-0.2, 0) is 22.6 Å². The SMILES string of the molecule is O=C1CC[C@@H](N2Cc3cc(N4CCN(CC5CCN(c6ccc([C@H]7c8ccc(O)cc8CC[C@@H]7c7ccccc7)cc6)CC5)CC4)ccc3C2=O)C(=O)N1. The Kier molecular flexibility index (Phi) is 9.35. The first-order valence-electron chi connectivity index (χ1n) is 19.8. The Balaban J connectivity index is 0.780. The molecular weight excluding hydrogens is 675 g/mol. The van der Waals surface area contributed by atoms with Crippen molar-refractivity contribution in [1.29, 1.82) is 0 Å². The number of aryl methyl sites for hydroxylation is 1. The molecule has 1 aliphatic carbocycles. The van der Waals surface area contributed by atoms with Crippen molar-refractivity contribution in [3.8, 4) is 5.75 Å². The van der Waals surface area contributed by atoms with Gasteiger partial charge in [0.1, 0.15) is 11.8 Å². The van der Waals surface area contributed by atoms with Crippen LogP contribution in [0.2, 0.25) is 0 Å². The molecular formula is C45H49N5O4. The van der Waals surface area contributed by atoms with E-state index in [1.54, 1.807) is 4.90 Å². The fourth-order valence-corrected chi connectivity index (χ4v) is 9.86. The molecule has 9 rings (SSSR count). The number of hydrogen-bond donors (Lipinski definition) is 2. The molecule has 3 fully saturated rings. The van der Waals surface area contributed by atoms with Gasteiger partial charge >= 0.3 is 0 Å². The number of phenolic OH excluding ortho intramolecular Hbond substituents is 1. The highest BCUT2D eigenvalue weighted by molar-refractivity contribution is 6.05. The summed E-state index contributed by atoms with van der Waals surface area (Å²) >= 11 is 0. The van der Waals surface area contributed by atoms with Gasteiger partial charge in [-0.05, 0) is 114 Å². The lowest BCUT2D eigenvalue weighted by Gasteiger charge is -2.40. The Bertz CT molecular complexity index is 2030. The number of piperazine rings is 1. The summed E-state index contributed by atoms with van der Waals surface area (Å²) in [5, 5.41) is 12.6. The second kappa shape index (κ2) is 14.6. The van der Waals surface area contributed by atoms with Crippen LogP contribution in [0.4, 0.5) is 11.4 Å². The van der Waals surface area contributed by atoms with Gasteiger partial charge in [-0.1, -0.05) is 48.5 Å². The number of phenols is 1. The minimum absolute atomic E-state index is 0.121. The second-order valence-electron chi connectivity index (χ2n) is 16.0. The van der Waals surface area contributed by atoms with Crippen LogP contribution in [0.5, 0.6) is 5.75 Å². The van der Waals surface area contributed by atoms with E-state index in [4.69, 9.17) is 0 Å². The molecule has 3 atom stereocenters. The summed E-state index contributed by atoms with van der Waals surface area (Å²) in [7, 11) is 0. The van der Waals surface area contributed by atoms with Gasteiger partial charge in [-0.2, -0.15) is 0 Å². The number of amides is 3. The lowest BCUT2D eigenvalue weighted by Crippen LogP contribution is -2.52. The van der Waals surface area contributed by atoms with Crippen molar-refractivity contribution in [2.24, 2.45) is 5.92 Å². The molecule has 0 bridgehead atoms. The average molecular weight is 724 g/mol. The fraction of sp³-hybridized carbons (Fsp3) is 0.400. The summed E-state index contributed by atoms with van der Waals surface area (Å²) < 4.78 is 0. The van der Waals surface area contributed by atoms with Gasteiger partial charge in [-0.15, -0.1) is 0 Å². The molecule has 9 heteroatoms. The Morgan fingerprint density at radius 1 is 0.667 bits per heavy atom. The molecule has 4 heterocycles. The number of nitrogens with zero attached hydrogens (tertiary/aromatic N) is 4. The molecule has 0 spiro atoms. The smallest absolute Gasteiger partial charge is 0.255 e. The monoisotopic (exact) mass is 723 g/mol. The molecule has 3 amide bonds. The summed E-state index contributed by atoms with van der Waals surface area (Å²) in [6.07, 6.45) is 5.08. The minimum atomic E-state index is -0.585. The third-order valence-electron chi connectivity index (χ3n) is 12.8. The Morgan fingerprint density at radius 2 is 1.41 bits per heavy atom. The largest absolute Gasteiger partial charge is 0.508 e. The molecule has 0 unspecified atom stereocenters. The van der Waals surface area contributed by atoms with Gasteiger partial charge < -0.3 is 19.8 Å². The van der Waals surface area contributed by atoms with Crippen molar-refractivity contribution in [3.05, 3.63) is 124 Å². The van der Waals surface area contributed by atoms with Crippen LogP contribution >= 0.6 is 0 Å². The number of fused-ring (bicyclic) bond motifs is 2. The number of hydrogen-bond acceptors (Lipinski definition) is 7. The molecule has 4 aliphatic heterocycles. The van der Waals surface area contributed by atoms with E-state index in [0.29, 0.717) is 36.1 Å². The molecule has 4 aromatic carbocycles. The maximum Gasteiger partial charge on any atom is 0.255 e. The van der Waals surface area contributed by atoms with Crippen LogP contribution in [0, 0.1) is 5.92 Å². The van der Waals surface area contributed by atoms with Crippen LogP contribution in [0.25, 0.3) is 0 Å². The van der Waals surface area contributed by atoms with Crippen molar-refractivity contribution >= 4 is 29.1 Å². The predicted octanol–water partition coefficient (Wildman–Crippen LogP) is 6.05. The first-order valence-corrected chi connectivity index (χ1v) is 19.8. The fourth-order valence-electron chi connectivity index (χ4n) is 9.86. The van der Waals surface area contributed by atoms with Crippen molar-refractivity contribution < 1.29 is 19.5 Å². The zero-order chi connectivity index (χ0) is 36.8. The third-order valence-corrected chi connectivity index (χ3v) is 12.8. The molecule has 0 radical (unpaired) electrons.